The van der Waals surface area contributed by atoms with E-state index in [9.17, 15) is 4.79 Å². The van der Waals surface area contributed by atoms with Gasteiger partial charge in [0.25, 0.3) is 0 Å². The third-order valence-electron chi connectivity index (χ3n) is 5.58. The Morgan fingerprint density at radius 3 is 2.47 bits per heavy atom. The van der Waals surface area contributed by atoms with Gasteiger partial charge in [-0.2, -0.15) is 0 Å². The van der Waals surface area contributed by atoms with E-state index < -0.39 is 0 Å². The lowest BCUT2D eigenvalue weighted by molar-refractivity contribution is 0.221. The fraction of sp³-hybridized carbons (Fsp3) is 0.500. The summed E-state index contributed by atoms with van der Waals surface area (Å²) in [5, 5.41) is 6.73. The molecule has 1 aliphatic rings. The lowest BCUT2D eigenvalue weighted by atomic mass is 10.1. The van der Waals surface area contributed by atoms with Gasteiger partial charge in [-0.1, -0.05) is 36.8 Å². The molecule has 0 unspecified atom stereocenters. The molecule has 2 N–H and O–H groups in total. The van der Waals surface area contributed by atoms with Crippen LogP contribution >= 0.6 is 0 Å². The van der Waals surface area contributed by atoms with Crippen molar-refractivity contribution in [2.45, 2.75) is 51.7 Å². The molecule has 0 saturated carbocycles. The van der Waals surface area contributed by atoms with Crippen LogP contribution in [0.3, 0.4) is 0 Å². The van der Waals surface area contributed by atoms with Gasteiger partial charge in [-0.3, -0.25) is 14.7 Å². The van der Waals surface area contributed by atoms with Crippen LogP contribution in [-0.4, -0.2) is 42.1 Å². The van der Waals surface area contributed by atoms with Gasteiger partial charge in [0.1, 0.15) is 0 Å². The average Bonchev–Trinajstić information content (AvgIpc) is 2.78. The number of rotatable bonds is 9. The maximum absolute atomic E-state index is 11.7. The molecule has 162 valence electrons. The van der Waals surface area contributed by atoms with Crippen LogP contribution in [0.1, 0.15) is 43.2 Å². The third kappa shape index (κ3) is 7.34. The molecule has 2 heterocycles. The minimum absolute atomic E-state index is 0.0601. The maximum atomic E-state index is 11.7. The topological polar surface area (TPSA) is 61.7 Å². The van der Waals surface area contributed by atoms with Gasteiger partial charge in [0.15, 0.2) is 5.96 Å². The molecular formula is C24H35N5O. The van der Waals surface area contributed by atoms with Crippen LogP contribution in [0.5, 0.6) is 0 Å². The Morgan fingerprint density at radius 2 is 1.73 bits per heavy atom. The molecule has 1 saturated heterocycles. The molecule has 1 fully saturated rings. The molecule has 6 nitrogen and oxygen atoms in total. The number of hydrogen-bond acceptors (Lipinski definition) is 3. The van der Waals surface area contributed by atoms with Crippen LogP contribution in [-0.2, 0) is 19.6 Å². The molecule has 3 rings (SSSR count). The second-order valence-corrected chi connectivity index (χ2v) is 7.95. The standard InChI is InChI=1S/C24H35N5O/c1-25-24(26-14-4-8-18-29-17-7-3-9-23(29)30)27-19-21-10-12-22(13-11-21)20-28-15-5-2-6-16-28/h3,7,9-13,17H,2,4-6,8,14-16,18-20H2,1H3,(H2,25,26,27). The van der Waals surface area contributed by atoms with E-state index in [0.29, 0.717) is 0 Å². The number of benzene rings is 1. The largest absolute Gasteiger partial charge is 0.356 e. The Balaban J connectivity index is 1.33. The van der Waals surface area contributed by atoms with E-state index in [1.807, 2.05) is 12.3 Å². The number of nitrogens with one attached hydrogen (secondary N) is 2. The molecule has 2 aromatic rings. The molecule has 0 bridgehead atoms. The van der Waals surface area contributed by atoms with Crippen LogP contribution < -0.4 is 16.2 Å². The number of pyridine rings is 1. The Labute approximate surface area is 180 Å². The summed E-state index contributed by atoms with van der Waals surface area (Å²) in [5.74, 6) is 0.810. The van der Waals surface area contributed by atoms with Gasteiger partial charge in [0, 0.05) is 45.5 Å². The van der Waals surface area contributed by atoms with Gasteiger partial charge >= 0.3 is 0 Å². The molecule has 0 atom stereocenters. The number of aryl methyl sites for hydroxylation is 1. The fourth-order valence-corrected chi connectivity index (χ4v) is 3.80. The molecule has 30 heavy (non-hydrogen) atoms. The quantitative estimate of drug-likeness (QED) is 0.380. The second-order valence-electron chi connectivity index (χ2n) is 7.95. The van der Waals surface area contributed by atoms with Crippen molar-refractivity contribution < 1.29 is 0 Å². The van der Waals surface area contributed by atoms with E-state index in [-0.39, 0.29) is 5.56 Å². The molecule has 0 radical (unpaired) electrons. The van der Waals surface area contributed by atoms with Gasteiger partial charge in [-0.25, -0.2) is 0 Å². The summed E-state index contributed by atoms with van der Waals surface area (Å²) >= 11 is 0. The Bertz CT molecular complexity index is 837. The highest BCUT2D eigenvalue weighted by Gasteiger charge is 2.10. The highest BCUT2D eigenvalue weighted by molar-refractivity contribution is 5.79. The highest BCUT2D eigenvalue weighted by atomic mass is 16.1. The van der Waals surface area contributed by atoms with Crippen molar-refractivity contribution in [2.24, 2.45) is 4.99 Å². The highest BCUT2D eigenvalue weighted by Crippen LogP contribution is 2.13. The first-order valence-electron chi connectivity index (χ1n) is 11.1. The Hall–Kier alpha value is -2.60. The van der Waals surface area contributed by atoms with Crippen LogP contribution in [0.15, 0.2) is 58.4 Å². The lowest BCUT2D eigenvalue weighted by Gasteiger charge is -2.26. The number of aliphatic imine (C=N–C) groups is 1. The summed E-state index contributed by atoms with van der Waals surface area (Å²) in [6.07, 6.45) is 7.81. The van der Waals surface area contributed by atoms with Gasteiger partial charge in [0.05, 0.1) is 0 Å². The van der Waals surface area contributed by atoms with Crippen molar-refractivity contribution in [1.29, 1.82) is 0 Å². The molecule has 0 spiro atoms. The van der Waals surface area contributed by atoms with E-state index in [2.05, 4.69) is 44.8 Å². The molecule has 0 amide bonds. The van der Waals surface area contributed by atoms with Crippen molar-refractivity contribution in [3.8, 4) is 0 Å². The van der Waals surface area contributed by atoms with Crippen molar-refractivity contribution in [3.63, 3.8) is 0 Å². The van der Waals surface area contributed by atoms with Crippen molar-refractivity contribution in [3.05, 3.63) is 70.1 Å². The monoisotopic (exact) mass is 409 g/mol. The van der Waals surface area contributed by atoms with Crippen LogP contribution in [0.2, 0.25) is 0 Å². The van der Waals surface area contributed by atoms with Gasteiger partial charge in [-0.15, -0.1) is 0 Å². The molecule has 1 aliphatic heterocycles. The number of guanidine groups is 1. The third-order valence-corrected chi connectivity index (χ3v) is 5.58. The Morgan fingerprint density at radius 1 is 0.967 bits per heavy atom. The molecule has 1 aromatic carbocycles. The predicted molar refractivity (Wildman–Crippen MR) is 124 cm³/mol. The van der Waals surface area contributed by atoms with Gasteiger partial charge < -0.3 is 15.2 Å². The smallest absolute Gasteiger partial charge is 0.250 e. The Kier molecular flexibility index (Phi) is 8.97. The number of aromatic nitrogens is 1. The maximum Gasteiger partial charge on any atom is 0.250 e. The van der Waals surface area contributed by atoms with E-state index in [1.165, 1.54) is 43.5 Å². The zero-order valence-electron chi connectivity index (χ0n) is 18.1. The van der Waals surface area contributed by atoms with Gasteiger partial charge in [-0.05, 0) is 56.0 Å². The summed E-state index contributed by atoms with van der Waals surface area (Å²) in [4.78, 5) is 18.5. The fourth-order valence-electron chi connectivity index (χ4n) is 3.80. The molecule has 6 heteroatoms. The summed E-state index contributed by atoms with van der Waals surface area (Å²) < 4.78 is 1.75. The number of nitrogens with zero attached hydrogens (tertiary/aromatic N) is 3. The summed E-state index contributed by atoms with van der Waals surface area (Å²) in [6.45, 7) is 5.85. The average molecular weight is 410 g/mol. The lowest BCUT2D eigenvalue weighted by Crippen LogP contribution is -2.37. The normalized spacial score (nSPS) is 15.2. The van der Waals surface area contributed by atoms with E-state index >= 15 is 0 Å². The SMILES string of the molecule is CN=C(NCCCCn1ccccc1=O)NCc1ccc(CN2CCCCC2)cc1. The number of unbranched alkanes of at least 4 members (excludes halogenated alkanes) is 1. The minimum Gasteiger partial charge on any atom is -0.356 e. The summed E-state index contributed by atoms with van der Waals surface area (Å²) in [5.41, 5.74) is 2.70. The number of hydrogen-bond donors (Lipinski definition) is 2. The zero-order chi connectivity index (χ0) is 21.0. The molecular weight excluding hydrogens is 374 g/mol. The summed E-state index contributed by atoms with van der Waals surface area (Å²) in [6, 6.07) is 14.2. The zero-order valence-corrected chi connectivity index (χ0v) is 18.1. The first kappa shape index (κ1) is 22.1. The predicted octanol–water partition coefficient (Wildman–Crippen LogP) is 2.98. The minimum atomic E-state index is 0.0601. The van der Waals surface area contributed by atoms with Gasteiger partial charge in [0.2, 0.25) is 5.56 Å². The van der Waals surface area contributed by atoms with Crippen molar-refractivity contribution in [1.82, 2.24) is 20.1 Å². The van der Waals surface area contributed by atoms with E-state index in [1.54, 1.807) is 23.7 Å². The first-order valence-corrected chi connectivity index (χ1v) is 11.1. The molecule has 1 aromatic heterocycles. The first-order chi connectivity index (χ1) is 14.7. The van der Waals surface area contributed by atoms with Crippen molar-refractivity contribution in [2.75, 3.05) is 26.7 Å². The van der Waals surface area contributed by atoms with E-state index in [0.717, 1.165) is 45.0 Å². The van der Waals surface area contributed by atoms with Crippen LogP contribution in [0, 0.1) is 0 Å². The van der Waals surface area contributed by atoms with Crippen LogP contribution in [0.4, 0.5) is 0 Å². The second kappa shape index (κ2) is 12.2. The number of piperidine rings is 1. The number of likely N-dealkylation sites (tertiary alicyclic amines) is 1. The van der Waals surface area contributed by atoms with Crippen molar-refractivity contribution >= 4 is 5.96 Å². The van der Waals surface area contributed by atoms with E-state index in [4.69, 9.17) is 0 Å². The molecule has 0 aliphatic carbocycles. The summed E-state index contributed by atoms with van der Waals surface area (Å²) in [7, 11) is 1.79. The van der Waals surface area contributed by atoms with Crippen LogP contribution in [0.25, 0.3) is 0 Å².